The molecule has 2 aliphatic carbocycles. The highest BCUT2D eigenvalue weighted by Crippen LogP contribution is 2.52. The van der Waals surface area contributed by atoms with Crippen LogP contribution in [0, 0.1) is 29.2 Å². The van der Waals surface area contributed by atoms with Crippen LogP contribution < -0.4 is 0 Å². The van der Waals surface area contributed by atoms with Gasteiger partial charge in [0.1, 0.15) is 0 Å². The summed E-state index contributed by atoms with van der Waals surface area (Å²) in [6.45, 7) is 1.60. The van der Waals surface area contributed by atoms with E-state index in [-0.39, 0.29) is 29.9 Å². The maximum absolute atomic E-state index is 13.8. The fourth-order valence-corrected chi connectivity index (χ4v) is 3.44. The lowest BCUT2D eigenvalue weighted by Crippen LogP contribution is -2.30. The average molecular weight is 260 g/mol. The number of rotatable bonds is 0. The van der Waals surface area contributed by atoms with E-state index in [9.17, 15) is 22.7 Å². The van der Waals surface area contributed by atoms with Gasteiger partial charge >= 0.3 is 0 Å². The van der Waals surface area contributed by atoms with Gasteiger partial charge in [-0.2, -0.15) is 0 Å². The van der Waals surface area contributed by atoms with E-state index < -0.39 is 34.8 Å². The monoisotopic (exact) mass is 260 g/mol. The second-order valence-electron chi connectivity index (χ2n) is 5.54. The molecule has 0 saturated heterocycles. The third-order valence-corrected chi connectivity index (χ3v) is 4.37. The van der Waals surface area contributed by atoms with Gasteiger partial charge in [0.05, 0.1) is 5.60 Å². The Morgan fingerprint density at radius 2 is 1.67 bits per heavy atom. The predicted molar refractivity (Wildman–Crippen MR) is 56.1 cm³/mol. The van der Waals surface area contributed by atoms with Crippen LogP contribution in [0.1, 0.15) is 36.8 Å². The molecule has 1 aromatic carbocycles. The van der Waals surface area contributed by atoms with Crippen molar-refractivity contribution >= 4 is 0 Å². The SMILES string of the molecule is C[C@@]1(O)C[C@@H]2C[C@H]1Cc1c(F)c(F)c(F)c(F)c12. The van der Waals surface area contributed by atoms with Gasteiger partial charge in [-0.15, -0.1) is 0 Å². The summed E-state index contributed by atoms with van der Waals surface area (Å²) in [7, 11) is 0. The molecule has 0 radical (unpaired) electrons. The summed E-state index contributed by atoms with van der Waals surface area (Å²) >= 11 is 0. The molecule has 5 heteroatoms. The zero-order chi connectivity index (χ0) is 13.2. The molecule has 3 atom stereocenters. The van der Waals surface area contributed by atoms with Crippen LogP contribution in [0.2, 0.25) is 0 Å². The van der Waals surface area contributed by atoms with Gasteiger partial charge in [-0.05, 0) is 43.6 Å². The molecule has 0 heterocycles. The minimum absolute atomic E-state index is 0.0544. The molecule has 0 amide bonds. The van der Waals surface area contributed by atoms with E-state index in [1.165, 1.54) is 0 Å². The minimum atomic E-state index is -1.76. The molecule has 3 rings (SSSR count). The lowest BCUT2D eigenvalue weighted by molar-refractivity contribution is 0.0218. The van der Waals surface area contributed by atoms with E-state index in [0.29, 0.717) is 6.42 Å². The van der Waals surface area contributed by atoms with Crippen LogP contribution in [0.3, 0.4) is 0 Å². The maximum Gasteiger partial charge on any atom is 0.197 e. The van der Waals surface area contributed by atoms with E-state index in [4.69, 9.17) is 0 Å². The topological polar surface area (TPSA) is 20.2 Å². The number of hydrogen-bond acceptors (Lipinski definition) is 1. The molecule has 18 heavy (non-hydrogen) atoms. The Kier molecular flexibility index (Phi) is 2.31. The fraction of sp³-hybridized carbons (Fsp3) is 0.538. The summed E-state index contributed by atoms with van der Waals surface area (Å²) in [6.07, 6.45) is 0.798. The predicted octanol–water partition coefficient (Wildman–Crippen LogP) is 3.04. The van der Waals surface area contributed by atoms with Gasteiger partial charge in [-0.1, -0.05) is 0 Å². The highest BCUT2D eigenvalue weighted by molar-refractivity contribution is 5.40. The molecule has 1 saturated carbocycles. The van der Waals surface area contributed by atoms with Crippen molar-refractivity contribution in [2.45, 2.75) is 37.7 Å². The Bertz CT molecular complexity index is 539. The smallest absolute Gasteiger partial charge is 0.197 e. The Balaban J connectivity index is 2.23. The molecule has 0 unspecified atom stereocenters. The van der Waals surface area contributed by atoms with E-state index in [1.807, 2.05) is 0 Å². The van der Waals surface area contributed by atoms with Crippen molar-refractivity contribution in [2.75, 3.05) is 0 Å². The molecule has 1 nitrogen and oxygen atoms in total. The molecular formula is C13H12F4O. The highest BCUT2D eigenvalue weighted by Gasteiger charge is 2.49. The fourth-order valence-electron chi connectivity index (χ4n) is 3.44. The van der Waals surface area contributed by atoms with E-state index in [2.05, 4.69) is 0 Å². The van der Waals surface area contributed by atoms with Gasteiger partial charge in [0.15, 0.2) is 23.3 Å². The standard InChI is InChI=1S/C13H12F4O/c1-13(18)4-5-2-6(13)3-7-8(5)10(15)12(17)11(16)9(7)14/h5-6,18H,2-4H2,1H3/t5-,6-,13+/m0/s1. The summed E-state index contributed by atoms with van der Waals surface area (Å²) in [5.74, 6) is -6.78. The molecule has 2 aliphatic rings. The molecule has 2 bridgehead atoms. The van der Waals surface area contributed by atoms with Crippen molar-refractivity contribution in [1.29, 1.82) is 0 Å². The second kappa shape index (κ2) is 3.47. The molecule has 1 aromatic rings. The number of aliphatic hydroxyl groups is 1. The second-order valence-corrected chi connectivity index (χ2v) is 5.54. The lowest BCUT2D eigenvalue weighted by Gasteiger charge is -2.27. The third kappa shape index (κ3) is 1.37. The first kappa shape index (κ1) is 12.0. The van der Waals surface area contributed by atoms with Gasteiger partial charge in [-0.3, -0.25) is 0 Å². The summed E-state index contributed by atoms with van der Waals surface area (Å²) < 4.78 is 53.9. The molecule has 1 N–H and O–H groups in total. The van der Waals surface area contributed by atoms with Gasteiger partial charge < -0.3 is 5.11 Å². The van der Waals surface area contributed by atoms with Crippen molar-refractivity contribution in [2.24, 2.45) is 5.92 Å². The zero-order valence-electron chi connectivity index (χ0n) is 9.74. The summed E-state index contributed by atoms with van der Waals surface area (Å²) in [5.41, 5.74) is -1.22. The van der Waals surface area contributed by atoms with Crippen molar-refractivity contribution in [3.8, 4) is 0 Å². The van der Waals surface area contributed by atoms with Crippen LogP contribution in [-0.2, 0) is 6.42 Å². The van der Waals surface area contributed by atoms with E-state index >= 15 is 0 Å². The number of hydrogen-bond donors (Lipinski definition) is 1. The van der Waals surface area contributed by atoms with Crippen LogP contribution in [0.5, 0.6) is 0 Å². The Labute approximate surface area is 101 Å². The Morgan fingerprint density at radius 3 is 2.33 bits per heavy atom. The van der Waals surface area contributed by atoms with Gasteiger partial charge in [0.2, 0.25) is 0 Å². The van der Waals surface area contributed by atoms with Crippen LogP contribution in [-0.4, -0.2) is 10.7 Å². The first-order valence-corrected chi connectivity index (χ1v) is 5.90. The first-order chi connectivity index (χ1) is 8.33. The van der Waals surface area contributed by atoms with Crippen molar-refractivity contribution in [3.05, 3.63) is 34.4 Å². The molecule has 0 aromatic heterocycles. The van der Waals surface area contributed by atoms with Crippen LogP contribution in [0.4, 0.5) is 17.6 Å². The van der Waals surface area contributed by atoms with Crippen LogP contribution >= 0.6 is 0 Å². The van der Waals surface area contributed by atoms with Crippen LogP contribution in [0.15, 0.2) is 0 Å². The Hall–Kier alpha value is -1.10. The van der Waals surface area contributed by atoms with E-state index in [0.717, 1.165) is 0 Å². The van der Waals surface area contributed by atoms with E-state index in [1.54, 1.807) is 6.92 Å². The number of fused-ring (bicyclic) bond motifs is 4. The molecule has 1 fully saturated rings. The number of halogens is 4. The third-order valence-electron chi connectivity index (χ3n) is 4.37. The quantitative estimate of drug-likeness (QED) is 0.432. The molecule has 98 valence electrons. The van der Waals surface area contributed by atoms with Gasteiger partial charge in [0.25, 0.3) is 0 Å². The molecular weight excluding hydrogens is 248 g/mol. The molecule has 0 aliphatic heterocycles. The van der Waals surface area contributed by atoms with Crippen molar-refractivity contribution < 1.29 is 22.7 Å². The average Bonchev–Trinajstić information content (AvgIpc) is 2.54. The van der Waals surface area contributed by atoms with Crippen molar-refractivity contribution in [3.63, 3.8) is 0 Å². The largest absolute Gasteiger partial charge is 0.390 e. The minimum Gasteiger partial charge on any atom is -0.390 e. The summed E-state index contributed by atoms with van der Waals surface area (Å²) in [6, 6.07) is 0. The zero-order valence-corrected chi connectivity index (χ0v) is 9.74. The summed E-state index contributed by atoms with van der Waals surface area (Å²) in [4.78, 5) is 0. The van der Waals surface area contributed by atoms with Gasteiger partial charge in [-0.25, -0.2) is 17.6 Å². The lowest BCUT2D eigenvalue weighted by atomic mass is 9.80. The normalized spacial score (nSPS) is 33.7. The maximum atomic E-state index is 13.8. The van der Waals surface area contributed by atoms with Crippen molar-refractivity contribution in [1.82, 2.24) is 0 Å². The Morgan fingerprint density at radius 1 is 1.06 bits per heavy atom. The van der Waals surface area contributed by atoms with Gasteiger partial charge in [0, 0.05) is 5.56 Å². The highest BCUT2D eigenvalue weighted by atomic mass is 19.2. The van der Waals surface area contributed by atoms with Crippen LogP contribution in [0.25, 0.3) is 0 Å². The molecule has 0 spiro atoms. The summed E-state index contributed by atoms with van der Waals surface area (Å²) in [5, 5.41) is 10.1. The first-order valence-electron chi connectivity index (χ1n) is 5.90. The number of benzene rings is 1.